The highest BCUT2D eigenvalue weighted by atomic mass is 35.5. The van der Waals surface area contributed by atoms with E-state index in [2.05, 4.69) is 31.1 Å². The summed E-state index contributed by atoms with van der Waals surface area (Å²) in [6.07, 6.45) is 1.35. The van der Waals surface area contributed by atoms with E-state index in [-0.39, 0.29) is 36.2 Å². The number of piperidine rings is 1. The van der Waals surface area contributed by atoms with Gasteiger partial charge in [-0.15, -0.1) is 5.10 Å². The lowest BCUT2D eigenvalue weighted by Crippen LogP contribution is -2.30. The van der Waals surface area contributed by atoms with Gasteiger partial charge in [-0.2, -0.15) is 18.3 Å². The lowest BCUT2D eigenvalue weighted by atomic mass is 10.1. The first-order chi connectivity index (χ1) is 23.0. The van der Waals surface area contributed by atoms with Crippen molar-refractivity contribution in [2.75, 3.05) is 23.3 Å². The smallest absolute Gasteiger partial charge is 0.417 e. The number of amides is 2. The Morgan fingerprint density at radius 2 is 1.79 bits per heavy atom. The van der Waals surface area contributed by atoms with Gasteiger partial charge in [0.25, 0.3) is 11.8 Å². The zero-order valence-corrected chi connectivity index (χ0v) is 26.3. The highest BCUT2D eigenvalue weighted by Gasteiger charge is 2.33. The number of carbonyl (C=O) groups is 3. The predicted octanol–water partition coefficient (Wildman–Crippen LogP) is 6.02. The van der Waals surface area contributed by atoms with Crippen LogP contribution >= 0.6 is 11.6 Å². The molecule has 0 atom stereocenters. The van der Waals surface area contributed by atoms with E-state index in [9.17, 15) is 27.6 Å². The number of anilines is 2. The van der Waals surface area contributed by atoms with Gasteiger partial charge in [0.2, 0.25) is 0 Å². The molecule has 11 nitrogen and oxygen atoms in total. The van der Waals surface area contributed by atoms with Gasteiger partial charge in [0.05, 0.1) is 46.7 Å². The third-order valence-corrected chi connectivity index (χ3v) is 7.94. The quantitative estimate of drug-likeness (QED) is 0.130. The molecule has 1 aliphatic rings. The van der Waals surface area contributed by atoms with Gasteiger partial charge < -0.3 is 15.3 Å². The van der Waals surface area contributed by atoms with Gasteiger partial charge in [0.1, 0.15) is 0 Å². The molecule has 48 heavy (non-hydrogen) atoms. The van der Waals surface area contributed by atoms with Crippen molar-refractivity contribution >= 4 is 47.0 Å². The Kier molecular flexibility index (Phi) is 10.7. The van der Waals surface area contributed by atoms with Crippen molar-refractivity contribution < 1.29 is 32.7 Å². The second kappa shape index (κ2) is 15.1. The van der Waals surface area contributed by atoms with Crippen LogP contribution in [-0.2, 0) is 23.9 Å². The SMILES string of the molecule is O=C(O)CCc1cn(Cc2cccc(C(=O)Nc3ccc(N4CCCCC4)cc3C(=O)N/N=C\c3ccc(Cl)c(C(F)(F)F)c3)c2)nn1. The minimum atomic E-state index is -4.66. The van der Waals surface area contributed by atoms with Crippen LogP contribution in [-0.4, -0.2) is 57.2 Å². The second-order valence-electron chi connectivity index (χ2n) is 11.2. The van der Waals surface area contributed by atoms with E-state index < -0.39 is 34.5 Å². The molecule has 3 N–H and O–H groups in total. The molecule has 250 valence electrons. The number of aryl methyl sites for hydroxylation is 1. The molecule has 0 unspecified atom stereocenters. The Hall–Kier alpha value is -5.24. The Morgan fingerprint density at radius 1 is 1.00 bits per heavy atom. The van der Waals surface area contributed by atoms with Crippen molar-refractivity contribution in [3.05, 3.63) is 105 Å². The number of rotatable bonds is 11. The van der Waals surface area contributed by atoms with E-state index in [1.54, 1.807) is 47.3 Å². The summed E-state index contributed by atoms with van der Waals surface area (Å²) < 4.78 is 41.4. The van der Waals surface area contributed by atoms with E-state index in [0.717, 1.165) is 62.0 Å². The minimum Gasteiger partial charge on any atom is -0.481 e. The number of nitrogens with one attached hydrogen (secondary N) is 2. The van der Waals surface area contributed by atoms with Crippen LogP contribution in [0.1, 0.15) is 68.8 Å². The van der Waals surface area contributed by atoms with Gasteiger partial charge in [0, 0.05) is 37.0 Å². The number of halogens is 4. The van der Waals surface area contributed by atoms with Crippen molar-refractivity contribution in [2.45, 2.75) is 44.8 Å². The highest BCUT2D eigenvalue weighted by molar-refractivity contribution is 6.31. The molecule has 1 saturated heterocycles. The van der Waals surface area contributed by atoms with Gasteiger partial charge in [-0.1, -0.05) is 35.0 Å². The van der Waals surface area contributed by atoms with Crippen LogP contribution in [0.4, 0.5) is 24.5 Å². The molecule has 4 aromatic rings. The van der Waals surface area contributed by atoms with Gasteiger partial charge in [-0.05, 0) is 72.9 Å². The summed E-state index contributed by atoms with van der Waals surface area (Å²) in [4.78, 5) is 39.8. The molecule has 3 aromatic carbocycles. The molecule has 15 heteroatoms. The fourth-order valence-electron chi connectivity index (χ4n) is 5.20. The molecule has 0 saturated carbocycles. The summed E-state index contributed by atoms with van der Waals surface area (Å²) in [6, 6.07) is 15.2. The summed E-state index contributed by atoms with van der Waals surface area (Å²) in [7, 11) is 0. The summed E-state index contributed by atoms with van der Waals surface area (Å²) in [5.74, 6) is -2.09. The number of nitrogens with zero attached hydrogens (tertiary/aromatic N) is 5. The lowest BCUT2D eigenvalue weighted by Gasteiger charge is -2.29. The number of carboxylic acids is 1. The molecule has 0 aliphatic carbocycles. The standard InChI is InChI=1S/C33H31ClF3N7O4/c34-28-10-7-21(16-27(28)33(35,36)37)18-38-41-32(48)26-17-25(43-13-2-1-3-14-43)9-11-29(26)39-31(47)23-6-4-5-22(15-23)19-44-20-24(40-42-44)8-12-30(45)46/h4-7,9-11,15-18,20H,1-3,8,12-14,19H2,(H,39,47)(H,41,48)(H,45,46)/b38-18-. The summed E-state index contributed by atoms with van der Waals surface area (Å²) in [5.41, 5.74) is 4.10. The molecule has 1 aromatic heterocycles. The van der Waals surface area contributed by atoms with Crippen LogP contribution < -0.4 is 15.6 Å². The van der Waals surface area contributed by atoms with Crippen molar-refractivity contribution in [2.24, 2.45) is 5.10 Å². The Labute approximate surface area is 278 Å². The van der Waals surface area contributed by atoms with Crippen molar-refractivity contribution in [1.82, 2.24) is 20.4 Å². The summed E-state index contributed by atoms with van der Waals surface area (Å²) in [5, 5.41) is 23.1. The Bertz CT molecular complexity index is 1840. The van der Waals surface area contributed by atoms with Crippen LogP contribution in [0.2, 0.25) is 5.02 Å². The second-order valence-corrected chi connectivity index (χ2v) is 11.6. The minimum absolute atomic E-state index is 0.0646. The number of hydrazone groups is 1. The van der Waals surface area contributed by atoms with Gasteiger partial charge in [0.15, 0.2) is 0 Å². The Morgan fingerprint density at radius 3 is 2.54 bits per heavy atom. The topological polar surface area (TPSA) is 142 Å². The normalized spacial score (nSPS) is 13.5. The zero-order chi connectivity index (χ0) is 34.3. The average Bonchev–Trinajstić information content (AvgIpc) is 3.51. The molecular weight excluding hydrogens is 651 g/mol. The summed E-state index contributed by atoms with van der Waals surface area (Å²) >= 11 is 5.70. The first-order valence-electron chi connectivity index (χ1n) is 15.1. The number of aliphatic carboxylic acids is 1. The molecule has 2 amide bonds. The number of benzene rings is 3. The molecule has 0 bridgehead atoms. The van der Waals surface area contributed by atoms with Crippen molar-refractivity contribution in [3.63, 3.8) is 0 Å². The molecule has 1 aliphatic heterocycles. The first-order valence-corrected chi connectivity index (χ1v) is 15.4. The summed E-state index contributed by atoms with van der Waals surface area (Å²) in [6.45, 7) is 1.90. The van der Waals surface area contributed by atoms with E-state index in [4.69, 9.17) is 16.7 Å². The number of carbonyl (C=O) groups excluding carboxylic acids is 2. The van der Waals surface area contributed by atoms with Crippen LogP contribution in [0.5, 0.6) is 0 Å². The van der Waals surface area contributed by atoms with Crippen molar-refractivity contribution in [1.29, 1.82) is 0 Å². The van der Waals surface area contributed by atoms with Crippen LogP contribution in [0.15, 0.2) is 72.0 Å². The molecule has 2 heterocycles. The van der Waals surface area contributed by atoms with E-state index in [1.807, 2.05) is 6.07 Å². The monoisotopic (exact) mass is 681 g/mol. The predicted molar refractivity (Wildman–Crippen MR) is 173 cm³/mol. The van der Waals surface area contributed by atoms with Gasteiger partial charge >= 0.3 is 12.1 Å². The van der Waals surface area contributed by atoms with Gasteiger partial charge in [-0.25, -0.2) is 10.1 Å². The number of hydrogen-bond donors (Lipinski definition) is 3. The van der Waals surface area contributed by atoms with Crippen molar-refractivity contribution in [3.8, 4) is 0 Å². The van der Waals surface area contributed by atoms with Crippen LogP contribution in [0.25, 0.3) is 0 Å². The molecule has 0 radical (unpaired) electrons. The molecule has 1 fully saturated rings. The highest BCUT2D eigenvalue weighted by Crippen LogP contribution is 2.35. The average molecular weight is 682 g/mol. The van der Waals surface area contributed by atoms with Crippen LogP contribution in [0, 0.1) is 0 Å². The number of hydrogen-bond acceptors (Lipinski definition) is 7. The number of carboxylic acid groups (broad SMARTS) is 1. The maximum Gasteiger partial charge on any atom is 0.417 e. The Balaban J connectivity index is 1.33. The largest absolute Gasteiger partial charge is 0.481 e. The first kappa shape index (κ1) is 34.1. The van der Waals surface area contributed by atoms with Gasteiger partial charge in [-0.3, -0.25) is 14.4 Å². The molecule has 0 spiro atoms. The molecular formula is C33H31ClF3N7O4. The third kappa shape index (κ3) is 8.97. The fourth-order valence-corrected chi connectivity index (χ4v) is 5.43. The third-order valence-electron chi connectivity index (χ3n) is 7.61. The van der Waals surface area contributed by atoms with E-state index in [1.165, 1.54) is 6.07 Å². The number of alkyl halides is 3. The van der Waals surface area contributed by atoms with E-state index >= 15 is 0 Å². The lowest BCUT2D eigenvalue weighted by molar-refractivity contribution is -0.138. The maximum atomic E-state index is 13.4. The zero-order valence-electron chi connectivity index (χ0n) is 25.5. The number of aromatic nitrogens is 3. The molecule has 5 rings (SSSR count). The maximum absolute atomic E-state index is 13.4. The fraction of sp³-hybridized carbons (Fsp3) is 0.273. The van der Waals surface area contributed by atoms with E-state index in [0.29, 0.717) is 11.3 Å². The van der Waals surface area contributed by atoms with Crippen LogP contribution in [0.3, 0.4) is 0 Å².